The van der Waals surface area contributed by atoms with E-state index >= 15 is 0 Å². The molecule has 0 unspecified atom stereocenters. The van der Waals surface area contributed by atoms with Crippen LogP contribution in [0.1, 0.15) is 5.56 Å². The summed E-state index contributed by atoms with van der Waals surface area (Å²) >= 11 is 0. The second-order valence-corrected chi connectivity index (χ2v) is 4.18. The first kappa shape index (κ1) is 13.1. The lowest BCUT2D eigenvalue weighted by molar-refractivity contribution is -0.114. The quantitative estimate of drug-likeness (QED) is 0.884. The zero-order valence-corrected chi connectivity index (χ0v) is 10.6. The van der Waals surface area contributed by atoms with E-state index in [1.54, 1.807) is 19.1 Å². The summed E-state index contributed by atoms with van der Waals surface area (Å²) in [4.78, 5) is 11.8. The Labute approximate surface area is 111 Å². The molecule has 0 bridgehead atoms. The number of nitrogens with one attached hydrogen (secondary N) is 2. The molecule has 3 nitrogen and oxygen atoms in total. The van der Waals surface area contributed by atoms with E-state index in [0.717, 1.165) is 5.69 Å². The third kappa shape index (κ3) is 3.55. The number of rotatable bonds is 4. The molecule has 0 aliphatic rings. The molecule has 0 aromatic heterocycles. The lowest BCUT2D eigenvalue weighted by atomic mass is 10.2. The Morgan fingerprint density at radius 1 is 1.11 bits per heavy atom. The molecule has 2 N–H and O–H groups in total. The predicted octanol–water partition coefficient (Wildman–Crippen LogP) is 3.18. The minimum absolute atomic E-state index is 0.139. The van der Waals surface area contributed by atoms with Crippen molar-refractivity contribution in [1.82, 2.24) is 0 Å². The molecule has 0 heterocycles. The molecular weight excluding hydrogens is 243 g/mol. The lowest BCUT2D eigenvalue weighted by Gasteiger charge is -2.10. The van der Waals surface area contributed by atoms with Crippen molar-refractivity contribution in [3.8, 4) is 0 Å². The molecule has 0 atom stereocenters. The van der Waals surface area contributed by atoms with E-state index in [-0.39, 0.29) is 18.3 Å². The van der Waals surface area contributed by atoms with Gasteiger partial charge in [-0.1, -0.05) is 24.3 Å². The molecule has 0 spiro atoms. The van der Waals surface area contributed by atoms with Crippen LogP contribution in [0.2, 0.25) is 0 Å². The van der Waals surface area contributed by atoms with Crippen LogP contribution in [0.4, 0.5) is 15.8 Å². The summed E-state index contributed by atoms with van der Waals surface area (Å²) < 4.78 is 13.3. The van der Waals surface area contributed by atoms with Crippen LogP contribution in [0.5, 0.6) is 0 Å². The molecule has 98 valence electrons. The number of para-hydroxylation sites is 1. The van der Waals surface area contributed by atoms with Gasteiger partial charge in [0.05, 0.1) is 6.54 Å². The third-order valence-corrected chi connectivity index (χ3v) is 2.77. The maximum atomic E-state index is 13.3. The largest absolute Gasteiger partial charge is 0.376 e. The third-order valence-electron chi connectivity index (χ3n) is 2.77. The Bertz CT molecular complexity index is 570. The lowest BCUT2D eigenvalue weighted by Crippen LogP contribution is -2.22. The molecule has 0 saturated carbocycles. The number of anilines is 2. The fourth-order valence-corrected chi connectivity index (χ4v) is 1.68. The molecule has 0 radical (unpaired) electrons. The highest BCUT2D eigenvalue weighted by molar-refractivity contribution is 5.94. The SMILES string of the molecule is Cc1c(F)cccc1NC(=O)CNc1ccccc1. The molecule has 2 rings (SSSR count). The van der Waals surface area contributed by atoms with E-state index in [9.17, 15) is 9.18 Å². The minimum atomic E-state index is -0.325. The van der Waals surface area contributed by atoms with E-state index < -0.39 is 0 Å². The van der Waals surface area contributed by atoms with Gasteiger partial charge in [0.25, 0.3) is 0 Å². The standard InChI is InChI=1S/C15H15FN2O/c1-11-13(16)8-5-9-14(11)18-15(19)10-17-12-6-3-2-4-7-12/h2-9,17H,10H2,1H3,(H,18,19). The van der Waals surface area contributed by atoms with Gasteiger partial charge in [0.1, 0.15) is 5.82 Å². The van der Waals surface area contributed by atoms with Gasteiger partial charge in [0.15, 0.2) is 0 Å². The van der Waals surface area contributed by atoms with Gasteiger partial charge in [-0.15, -0.1) is 0 Å². The fourth-order valence-electron chi connectivity index (χ4n) is 1.68. The van der Waals surface area contributed by atoms with E-state index in [1.165, 1.54) is 6.07 Å². The number of carbonyl (C=O) groups excluding carboxylic acids is 1. The zero-order chi connectivity index (χ0) is 13.7. The molecule has 0 saturated heterocycles. The van der Waals surface area contributed by atoms with Gasteiger partial charge < -0.3 is 10.6 Å². The number of hydrogen-bond acceptors (Lipinski definition) is 2. The molecule has 0 fully saturated rings. The summed E-state index contributed by atoms with van der Waals surface area (Å²) in [6.07, 6.45) is 0. The highest BCUT2D eigenvalue weighted by atomic mass is 19.1. The van der Waals surface area contributed by atoms with E-state index in [4.69, 9.17) is 0 Å². The maximum Gasteiger partial charge on any atom is 0.243 e. The highest BCUT2D eigenvalue weighted by Crippen LogP contribution is 2.17. The topological polar surface area (TPSA) is 41.1 Å². The highest BCUT2D eigenvalue weighted by Gasteiger charge is 2.07. The van der Waals surface area contributed by atoms with Gasteiger partial charge in [0, 0.05) is 16.9 Å². The maximum absolute atomic E-state index is 13.3. The van der Waals surface area contributed by atoms with Gasteiger partial charge in [-0.2, -0.15) is 0 Å². The van der Waals surface area contributed by atoms with E-state index in [2.05, 4.69) is 10.6 Å². The van der Waals surface area contributed by atoms with Gasteiger partial charge in [-0.25, -0.2) is 4.39 Å². The van der Waals surface area contributed by atoms with Crippen LogP contribution in [0.15, 0.2) is 48.5 Å². The second-order valence-electron chi connectivity index (χ2n) is 4.18. The van der Waals surface area contributed by atoms with Crippen LogP contribution in [-0.2, 0) is 4.79 Å². The second kappa shape index (κ2) is 6.00. The van der Waals surface area contributed by atoms with Gasteiger partial charge in [-0.05, 0) is 31.2 Å². The van der Waals surface area contributed by atoms with Crippen molar-refractivity contribution in [2.45, 2.75) is 6.92 Å². The van der Waals surface area contributed by atoms with Crippen LogP contribution < -0.4 is 10.6 Å². The summed E-state index contributed by atoms with van der Waals surface area (Å²) in [5.74, 6) is -0.536. The van der Waals surface area contributed by atoms with Crippen LogP contribution in [0.3, 0.4) is 0 Å². The molecule has 4 heteroatoms. The van der Waals surface area contributed by atoms with Crippen LogP contribution in [0.25, 0.3) is 0 Å². The first-order chi connectivity index (χ1) is 9.16. The molecule has 2 aromatic rings. The van der Waals surface area contributed by atoms with Crippen molar-refractivity contribution in [2.75, 3.05) is 17.2 Å². The van der Waals surface area contributed by atoms with Crippen LogP contribution >= 0.6 is 0 Å². The smallest absolute Gasteiger partial charge is 0.243 e. The fraction of sp³-hybridized carbons (Fsp3) is 0.133. The van der Waals surface area contributed by atoms with Crippen molar-refractivity contribution in [3.63, 3.8) is 0 Å². The van der Waals surface area contributed by atoms with Crippen molar-refractivity contribution >= 4 is 17.3 Å². The average molecular weight is 258 g/mol. The van der Waals surface area contributed by atoms with Crippen molar-refractivity contribution in [1.29, 1.82) is 0 Å². The van der Waals surface area contributed by atoms with Crippen molar-refractivity contribution in [2.24, 2.45) is 0 Å². The van der Waals surface area contributed by atoms with Gasteiger partial charge >= 0.3 is 0 Å². The van der Waals surface area contributed by atoms with Crippen molar-refractivity contribution in [3.05, 3.63) is 59.9 Å². The number of carbonyl (C=O) groups is 1. The summed E-state index contributed by atoms with van der Waals surface area (Å²) in [6.45, 7) is 1.77. The van der Waals surface area contributed by atoms with Gasteiger partial charge in [-0.3, -0.25) is 4.79 Å². The predicted molar refractivity (Wildman–Crippen MR) is 74.7 cm³/mol. The number of benzene rings is 2. The molecule has 1 amide bonds. The summed E-state index contributed by atoms with van der Waals surface area (Å²) in [6, 6.07) is 14.0. The molecular formula is C15H15FN2O. The van der Waals surface area contributed by atoms with Crippen molar-refractivity contribution < 1.29 is 9.18 Å². The van der Waals surface area contributed by atoms with Gasteiger partial charge in [0.2, 0.25) is 5.91 Å². The minimum Gasteiger partial charge on any atom is -0.376 e. The molecule has 0 aliphatic heterocycles. The Morgan fingerprint density at radius 2 is 1.84 bits per heavy atom. The number of halogens is 1. The van der Waals surface area contributed by atoms with E-state index in [0.29, 0.717) is 11.3 Å². The molecule has 0 aliphatic carbocycles. The summed E-state index contributed by atoms with van der Waals surface area (Å²) in [7, 11) is 0. The monoisotopic (exact) mass is 258 g/mol. The molecule has 19 heavy (non-hydrogen) atoms. The molecule has 2 aromatic carbocycles. The number of hydrogen-bond donors (Lipinski definition) is 2. The first-order valence-electron chi connectivity index (χ1n) is 6.00. The Kier molecular flexibility index (Phi) is 4.13. The average Bonchev–Trinajstić information content (AvgIpc) is 2.43. The normalized spacial score (nSPS) is 10.0. The van der Waals surface area contributed by atoms with Crippen LogP contribution in [-0.4, -0.2) is 12.5 Å². The Balaban J connectivity index is 1.93. The first-order valence-corrected chi connectivity index (χ1v) is 6.00. The number of amides is 1. The van der Waals surface area contributed by atoms with Crippen LogP contribution in [0, 0.1) is 12.7 Å². The van der Waals surface area contributed by atoms with E-state index in [1.807, 2.05) is 30.3 Å². The Morgan fingerprint density at radius 3 is 2.58 bits per heavy atom. The summed E-state index contributed by atoms with van der Waals surface area (Å²) in [5.41, 5.74) is 1.81. The Hall–Kier alpha value is -2.36. The zero-order valence-electron chi connectivity index (χ0n) is 10.6. The summed E-state index contributed by atoms with van der Waals surface area (Å²) in [5, 5.41) is 5.67.